The maximum atomic E-state index is 11.6. The van der Waals surface area contributed by atoms with Gasteiger partial charge in [-0.1, -0.05) is 6.42 Å². The largest absolute Gasteiger partial charge is 0.350 e. The highest BCUT2D eigenvalue weighted by Crippen LogP contribution is 2.18. The highest BCUT2D eigenvalue weighted by molar-refractivity contribution is 7.81. The maximum absolute atomic E-state index is 11.6. The van der Waals surface area contributed by atoms with E-state index in [-0.39, 0.29) is 30.7 Å². The maximum Gasteiger partial charge on any atom is 0.242 e. The minimum Gasteiger partial charge on any atom is -0.350 e. The summed E-state index contributed by atoms with van der Waals surface area (Å²) in [6.07, 6.45) is 2.46. The number of likely N-dealkylation sites (tertiary alicyclic amines) is 1. The molecular formula is C12H17BN2O4S. The first kappa shape index (κ1) is 16.7. The van der Waals surface area contributed by atoms with Gasteiger partial charge < -0.3 is 10.1 Å². The average molecular weight is 296 g/mol. The summed E-state index contributed by atoms with van der Waals surface area (Å²) in [7, 11) is 4.89. The molecular weight excluding hydrogens is 279 g/mol. The molecule has 0 spiro atoms. The summed E-state index contributed by atoms with van der Waals surface area (Å²) in [4.78, 5) is 46.0. The van der Waals surface area contributed by atoms with Crippen LogP contribution in [-0.4, -0.2) is 54.5 Å². The Balaban J connectivity index is 2.10. The van der Waals surface area contributed by atoms with Crippen LogP contribution in [0.1, 0.15) is 32.1 Å². The molecule has 1 aliphatic heterocycles. The Hall–Kier alpha value is -1.31. The summed E-state index contributed by atoms with van der Waals surface area (Å²) in [6.45, 7) is 0.219. The molecule has 1 unspecified atom stereocenters. The van der Waals surface area contributed by atoms with Crippen molar-refractivity contribution in [1.29, 1.82) is 0 Å². The zero-order chi connectivity index (χ0) is 15.1. The molecule has 108 valence electrons. The summed E-state index contributed by atoms with van der Waals surface area (Å²) in [5.41, 5.74) is -0.578. The van der Waals surface area contributed by atoms with Crippen molar-refractivity contribution in [3.63, 3.8) is 0 Å². The van der Waals surface area contributed by atoms with Crippen LogP contribution in [0.3, 0.4) is 0 Å². The first-order valence-corrected chi connectivity index (χ1v) is 7.00. The normalized spacial score (nSPS) is 18.4. The SMILES string of the molecule is [B]C(=O)CNC(=O)CCCCCN1C(=O)CC(S)C1=O. The van der Waals surface area contributed by atoms with Crippen LogP contribution in [0.5, 0.6) is 0 Å². The molecule has 0 aromatic rings. The Bertz CT molecular complexity index is 416. The van der Waals surface area contributed by atoms with Gasteiger partial charge in [0.05, 0.1) is 17.5 Å². The van der Waals surface area contributed by atoms with E-state index in [1.165, 1.54) is 4.90 Å². The second-order valence-corrected chi connectivity index (χ2v) is 5.28. The first-order chi connectivity index (χ1) is 9.41. The molecule has 8 heteroatoms. The Morgan fingerprint density at radius 3 is 2.55 bits per heavy atom. The standard InChI is InChI=1S/C12H17BN2O4S/c13-9(16)7-14-10(17)4-2-1-3-5-15-11(18)6-8(20)12(15)19/h8,20H,1-7H2,(H,14,17). The van der Waals surface area contributed by atoms with Gasteiger partial charge in [0.1, 0.15) is 0 Å². The quantitative estimate of drug-likeness (QED) is 0.271. The number of unbranched alkanes of at least 4 members (excludes halogenated alkanes) is 2. The second-order valence-electron chi connectivity index (χ2n) is 4.66. The molecule has 6 nitrogen and oxygen atoms in total. The number of carbonyl (C=O) groups excluding carboxylic acids is 4. The lowest BCUT2D eigenvalue weighted by molar-refractivity contribution is -0.138. The van der Waals surface area contributed by atoms with Gasteiger partial charge in [-0.25, -0.2) is 0 Å². The molecule has 1 aliphatic rings. The zero-order valence-electron chi connectivity index (χ0n) is 11.1. The number of amides is 3. The molecule has 1 fully saturated rings. The Morgan fingerprint density at radius 2 is 2.00 bits per heavy atom. The van der Waals surface area contributed by atoms with Gasteiger partial charge in [0.25, 0.3) is 0 Å². The molecule has 0 bridgehead atoms. The molecule has 1 rings (SSSR count). The minimum atomic E-state index is -0.578. The lowest BCUT2D eigenvalue weighted by atomic mass is 10.0. The summed E-state index contributed by atoms with van der Waals surface area (Å²) >= 11 is 4.03. The van der Waals surface area contributed by atoms with Gasteiger partial charge in [-0.15, -0.1) is 0 Å². The van der Waals surface area contributed by atoms with Crippen LogP contribution in [0.25, 0.3) is 0 Å². The van der Waals surface area contributed by atoms with Gasteiger partial charge in [-0.05, 0) is 12.8 Å². The van der Waals surface area contributed by atoms with Crippen LogP contribution in [0, 0.1) is 0 Å². The average Bonchev–Trinajstić information content (AvgIpc) is 2.62. The predicted octanol–water partition coefficient (Wildman–Crippen LogP) is -0.585. The van der Waals surface area contributed by atoms with E-state index in [1.54, 1.807) is 0 Å². The van der Waals surface area contributed by atoms with Crippen molar-refractivity contribution >= 4 is 43.9 Å². The molecule has 20 heavy (non-hydrogen) atoms. The number of carbonyl (C=O) groups is 4. The molecule has 0 saturated carbocycles. The van der Waals surface area contributed by atoms with Crippen molar-refractivity contribution in [1.82, 2.24) is 10.2 Å². The number of thiol groups is 1. The number of nitrogens with zero attached hydrogens (tertiary/aromatic N) is 1. The Kier molecular flexibility index (Phi) is 6.77. The third-order valence-electron chi connectivity index (χ3n) is 2.97. The monoisotopic (exact) mass is 296 g/mol. The predicted molar refractivity (Wildman–Crippen MR) is 76.3 cm³/mol. The zero-order valence-corrected chi connectivity index (χ0v) is 12.0. The van der Waals surface area contributed by atoms with Crippen molar-refractivity contribution < 1.29 is 19.2 Å². The van der Waals surface area contributed by atoms with E-state index < -0.39 is 10.9 Å². The third-order valence-corrected chi connectivity index (χ3v) is 3.37. The van der Waals surface area contributed by atoms with E-state index in [9.17, 15) is 19.2 Å². The highest BCUT2D eigenvalue weighted by atomic mass is 32.1. The summed E-state index contributed by atoms with van der Waals surface area (Å²) in [5, 5.41) is 1.88. The molecule has 0 aromatic heterocycles. The molecule has 2 radical (unpaired) electrons. The van der Waals surface area contributed by atoms with Crippen LogP contribution in [0.4, 0.5) is 0 Å². The molecule has 1 heterocycles. The van der Waals surface area contributed by atoms with Crippen molar-refractivity contribution in [3.8, 4) is 0 Å². The van der Waals surface area contributed by atoms with Crippen LogP contribution < -0.4 is 5.32 Å². The van der Waals surface area contributed by atoms with E-state index in [0.29, 0.717) is 25.8 Å². The van der Waals surface area contributed by atoms with Crippen molar-refractivity contribution in [2.75, 3.05) is 13.1 Å². The fourth-order valence-electron chi connectivity index (χ4n) is 1.91. The van der Waals surface area contributed by atoms with Gasteiger partial charge in [0.15, 0.2) is 7.85 Å². The highest BCUT2D eigenvalue weighted by Gasteiger charge is 2.35. The number of hydrogen-bond donors (Lipinski definition) is 2. The fourth-order valence-corrected chi connectivity index (χ4v) is 2.20. The number of hydrogen-bond acceptors (Lipinski definition) is 5. The molecule has 1 saturated heterocycles. The summed E-state index contributed by atoms with van der Waals surface area (Å²) in [6, 6.07) is 0. The van der Waals surface area contributed by atoms with Gasteiger partial charge in [0, 0.05) is 19.4 Å². The number of rotatable bonds is 8. The molecule has 1 atom stereocenters. The van der Waals surface area contributed by atoms with Crippen molar-refractivity contribution in [2.45, 2.75) is 37.4 Å². The lowest BCUT2D eigenvalue weighted by Gasteiger charge is -2.13. The van der Waals surface area contributed by atoms with E-state index in [2.05, 4.69) is 17.9 Å². The lowest BCUT2D eigenvalue weighted by Crippen LogP contribution is -2.32. The number of imide groups is 1. The van der Waals surface area contributed by atoms with E-state index in [1.807, 2.05) is 0 Å². The van der Waals surface area contributed by atoms with Gasteiger partial charge in [-0.3, -0.25) is 19.3 Å². The van der Waals surface area contributed by atoms with Crippen LogP contribution in [0.15, 0.2) is 0 Å². The fraction of sp³-hybridized carbons (Fsp3) is 0.667. The van der Waals surface area contributed by atoms with Crippen LogP contribution in [-0.2, 0) is 19.2 Å². The molecule has 0 aliphatic carbocycles. The molecule has 3 amide bonds. The smallest absolute Gasteiger partial charge is 0.242 e. The molecule has 0 aromatic carbocycles. The van der Waals surface area contributed by atoms with Gasteiger partial charge >= 0.3 is 0 Å². The van der Waals surface area contributed by atoms with Crippen molar-refractivity contribution in [3.05, 3.63) is 0 Å². The first-order valence-electron chi connectivity index (χ1n) is 6.49. The Morgan fingerprint density at radius 1 is 1.30 bits per heavy atom. The van der Waals surface area contributed by atoms with Gasteiger partial charge in [0.2, 0.25) is 17.7 Å². The van der Waals surface area contributed by atoms with Gasteiger partial charge in [-0.2, -0.15) is 12.6 Å². The summed E-state index contributed by atoms with van der Waals surface area (Å²) in [5.74, 6) is -0.653. The Labute approximate surface area is 124 Å². The second kappa shape index (κ2) is 8.09. The van der Waals surface area contributed by atoms with Crippen molar-refractivity contribution in [2.24, 2.45) is 0 Å². The minimum absolute atomic E-state index is 0.154. The number of nitrogens with one attached hydrogen (secondary N) is 1. The van der Waals surface area contributed by atoms with E-state index >= 15 is 0 Å². The van der Waals surface area contributed by atoms with Crippen LogP contribution >= 0.6 is 12.6 Å². The summed E-state index contributed by atoms with van der Waals surface area (Å²) < 4.78 is 0. The molecule has 1 N–H and O–H groups in total. The third kappa shape index (κ3) is 5.36. The van der Waals surface area contributed by atoms with Crippen LogP contribution in [0.2, 0.25) is 0 Å². The van der Waals surface area contributed by atoms with E-state index in [4.69, 9.17) is 7.85 Å². The topological polar surface area (TPSA) is 83.6 Å². The van der Waals surface area contributed by atoms with E-state index in [0.717, 1.165) is 6.42 Å².